The highest BCUT2D eigenvalue weighted by atomic mass is 19.4. The highest BCUT2D eigenvalue weighted by molar-refractivity contribution is 5.54. The summed E-state index contributed by atoms with van der Waals surface area (Å²) in [5.41, 5.74) is 0.820. The van der Waals surface area contributed by atoms with E-state index in [4.69, 9.17) is 14.2 Å². The molecule has 134 valence electrons. The third kappa shape index (κ3) is 4.17. The highest BCUT2D eigenvalue weighted by Gasteiger charge is 2.30. The highest BCUT2D eigenvalue weighted by Crippen LogP contribution is 2.40. The molecular formula is C18H18F3NO3. The Morgan fingerprint density at radius 3 is 2.56 bits per heavy atom. The van der Waals surface area contributed by atoms with Crippen molar-refractivity contribution < 1.29 is 27.4 Å². The van der Waals surface area contributed by atoms with E-state index in [2.05, 4.69) is 5.32 Å². The molecule has 7 heteroatoms. The molecular weight excluding hydrogens is 335 g/mol. The molecule has 3 rings (SSSR count). The Kier molecular flexibility index (Phi) is 5.03. The Labute approximate surface area is 143 Å². The van der Waals surface area contributed by atoms with Gasteiger partial charge in [-0.05, 0) is 29.3 Å². The summed E-state index contributed by atoms with van der Waals surface area (Å²) in [4.78, 5) is 0. The van der Waals surface area contributed by atoms with Gasteiger partial charge in [-0.1, -0.05) is 18.2 Å². The Bertz CT molecular complexity index is 730. The minimum atomic E-state index is -4.33. The molecule has 2 aromatic carbocycles. The molecule has 0 amide bonds. The van der Waals surface area contributed by atoms with Crippen molar-refractivity contribution in [3.8, 4) is 17.2 Å². The maximum absolute atomic E-state index is 12.7. The zero-order chi connectivity index (χ0) is 17.9. The molecule has 0 bridgehead atoms. The maximum Gasteiger partial charge on any atom is 0.416 e. The van der Waals surface area contributed by atoms with Gasteiger partial charge < -0.3 is 19.5 Å². The monoisotopic (exact) mass is 353 g/mol. The van der Waals surface area contributed by atoms with Gasteiger partial charge >= 0.3 is 6.18 Å². The number of halogens is 3. The maximum atomic E-state index is 12.7. The summed E-state index contributed by atoms with van der Waals surface area (Å²) in [5.74, 6) is 1.77. The number of hydrogen-bond acceptors (Lipinski definition) is 4. The molecule has 0 saturated heterocycles. The quantitative estimate of drug-likeness (QED) is 0.888. The number of nitrogens with one attached hydrogen (secondary N) is 1. The van der Waals surface area contributed by atoms with Crippen LogP contribution in [0.15, 0.2) is 36.4 Å². The first-order valence-corrected chi connectivity index (χ1v) is 7.81. The molecule has 25 heavy (non-hydrogen) atoms. The van der Waals surface area contributed by atoms with Gasteiger partial charge in [0.15, 0.2) is 11.5 Å². The summed E-state index contributed by atoms with van der Waals surface area (Å²) >= 11 is 0. The number of alkyl halides is 3. The van der Waals surface area contributed by atoms with Crippen molar-refractivity contribution in [1.82, 2.24) is 5.32 Å². The lowest BCUT2D eigenvalue weighted by Crippen LogP contribution is -2.17. The van der Waals surface area contributed by atoms with Crippen LogP contribution in [0.25, 0.3) is 0 Å². The number of benzene rings is 2. The van der Waals surface area contributed by atoms with Crippen LogP contribution < -0.4 is 19.5 Å². The van der Waals surface area contributed by atoms with E-state index < -0.39 is 11.7 Å². The third-order valence-electron chi connectivity index (χ3n) is 3.80. The van der Waals surface area contributed by atoms with E-state index in [0.717, 1.165) is 17.7 Å². The van der Waals surface area contributed by atoms with Crippen LogP contribution in [-0.2, 0) is 19.3 Å². The normalized spacial score (nSPS) is 13.6. The standard InChI is InChI=1S/C18H18F3NO3/c1-23-15-8-13(9-16-17(15)25-6-5-24-16)11-22-10-12-3-2-4-14(7-12)18(19,20)21/h2-4,7-9,22H,5-6,10-11H2,1H3. The third-order valence-corrected chi connectivity index (χ3v) is 3.80. The molecule has 1 N–H and O–H groups in total. The molecule has 0 fully saturated rings. The fourth-order valence-corrected chi connectivity index (χ4v) is 2.64. The van der Waals surface area contributed by atoms with Crippen molar-refractivity contribution in [2.75, 3.05) is 20.3 Å². The summed E-state index contributed by atoms with van der Waals surface area (Å²) in [7, 11) is 1.55. The molecule has 0 aromatic heterocycles. The van der Waals surface area contributed by atoms with Crippen LogP contribution in [0, 0.1) is 0 Å². The molecule has 0 unspecified atom stereocenters. The van der Waals surface area contributed by atoms with Gasteiger partial charge in [0.1, 0.15) is 13.2 Å². The lowest BCUT2D eigenvalue weighted by atomic mass is 10.1. The first-order chi connectivity index (χ1) is 12.0. The summed E-state index contributed by atoms with van der Waals surface area (Å²) in [5, 5.41) is 3.14. The molecule has 1 aliphatic heterocycles. The van der Waals surface area contributed by atoms with Crippen molar-refractivity contribution in [1.29, 1.82) is 0 Å². The fourth-order valence-electron chi connectivity index (χ4n) is 2.64. The Morgan fingerprint density at radius 1 is 1.04 bits per heavy atom. The van der Waals surface area contributed by atoms with Gasteiger partial charge in [-0.25, -0.2) is 0 Å². The second-order valence-corrected chi connectivity index (χ2v) is 5.62. The van der Waals surface area contributed by atoms with Gasteiger partial charge in [-0.15, -0.1) is 0 Å². The summed E-state index contributed by atoms with van der Waals surface area (Å²) in [6.45, 7) is 1.72. The van der Waals surface area contributed by atoms with Crippen LogP contribution in [0.5, 0.6) is 17.2 Å². The zero-order valence-electron chi connectivity index (χ0n) is 13.7. The second-order valence-electron chi connectivity index (χ2n) is 5.62. The molecule has 0 radical (unpaired) electrons. The molecule has 1 heterocycles. The van der Waals surface area contributed by atoms with E-state index in [9.17, 15) is 13.2 Å². The molecule has 1 aliphatic rings. The van der Waals surface area contributed by atoms with Crippen molar-refractivity contribution >= 4 is 0 Å². The first kappa shape index (κ1) is 17.4. The SMILES string of the molecule is COc1cc(CNCc2cccc(C(F)(F)F)c2)cc2c1OCCO2. The average Bonchev–Trinajstić information content (AvgIpc) is 2.60. The molecule has 0 saturated carbocycles. The minimum absolute atomic E-state index is 0.320. The van der Waals surface area contributed by atoms with E-state index in [1.165, 1.54) is 6.07 Å². The molecule has 4 nitrogen and oxygen atoms in total. The van der Waals surface area contributed by atoms with Gasteiger partial charge in [-0.2, -0.15) is 13.2 Å². The van der Waals surface area contributed by atoms with Crippen LogP contribution in [0.4, 0.5) is 13.2 Å². The van der Waals surface area contributed by atoms with E-state index in [1.54, 1.807) is 13.2 Å². The van der Waals surface area contributed by atoms with Crippen molar-refractivity contribution in [2.45, 2.75) is 19.3 Å². The average molecular weight is 353 g/mol. The summed E-state index contributed by atoms with van der Waals surface area (Å²) in [6.07, 6.45) is -4.33. The topological polar surface area (TPSA) is 39.7 Å². The Morgan fingerprint density at radius 2 is 1.80 bits per heavy atom. The van der Waals surface area contributed by atoms with Crippen molar-refractivity contribution in [2.24, 2.45) is 0 Å². The lowest BCUT2D eigenvalue weighted by molar-refractivity contribution is -0.137. The van der Waals surface area contributed by atoms with E-state index in [-0.39, 0.29) is 0 Å². The predicted octanol–water partition coefficient (Wildman–Crippen LogP) is 3.78. The zero-order valence-corrected chi connectivity index (χ0v) is 13.7. The number of fused-ring (bicyclic) bond motifs is 1. The van der Waals surface area contributed by atoms with E-state index >= 15 is 0 Å². The van der Waals surface area contributed by atoms with Gasteiger partial charge in [0.25, 0.3) is 0 Å². The lowest BCUT2D eigenvalue weighted by Gasteiger charge is -2.21. The van der Waals surface area contributed by atoms with E-state index in [1.807, 2.05) is 12.1 Å². The van der Waals surface area contributed by atoms with E-state index in [0.29, 0.717) is 49.1 Å². The van der Waals surface area contributed by atoms with Crippen LogP contribution in [0.2, 0.25) is 0 Å². The van der Waals surface area contributed by atoms with Gasteiger partial charge in [0, 0.05) is 13.1 Å². The Hall–Kier alpha value is -2.41. The fraction of sp³-hybridized carbons (Fsp3) is 0.333. The van der Waals surface area contributed by atoms with Crippen LogP contribution >= 0.6 is 0 Å². The number of hydrogen-bond donors (Lipinski definition) is 1. The van der Waals surface area contributed by atoms with Crippen LogP contribution in [0.1, 0.15) is 16.7 Å². The van der Waals surface area contributed by atoms with Gasteiger partial charge in [0.2, 0.25) is 5.75 Å². The van der Waals surface area contributed by atoms with Gasteiger partial charge in [-0.3, -0.25) is 0 Å². The van der Waals surface area contributed by atoms with Crippen LogP contribution in [-0.4, -0.2) is 20.3 Å². The summed E-state index contributed by atoms with van der Waals surface area (Å²) < 4.78 is 54.6. The van der Waals surface area contributed by atoms with Gasteiger partial charge in [0.05, 0.1) is 12.7 Å². The largest absolute Gasteiger partial charge is 0.493 e. The molecule has 0 spiro atoms. The van der Waals surface area contributed by atoms with Crippen molar-refractivity contribution in [3.63, 3.8) is 0 Å². The summed E-state index contributed by atoms with van der Waals surface area (Å²) in [6, 6.07) is 8.95. The first-order valence-electron chi connectivity index (χ1n) is 7.81. The predicted molar refractivity (Wildman–Crippen MR) is 86.0 cm³/mol. The molecule has 0 atom stereocenters. The minimum Gasteiger partial charge on any atom is -0.493 e. The smallest absolute Gasteiger partial charge is 0.416 e. The number of rotatable bonds is 5. The van der Waals surface area contributed by atoms with Crippen LogP contribution in [0.3, 0.4) is 0 Å². The molecule has 2 aromatic rings. The van der Waals surface area contributed by atoms with Crippen molar-refractivity contribution in [3.05, 3.63) is 53.1 Å². The Balaban J connectivity index is 1.66. The second kappa shape index (κ2) is 7.23. The molecule has 0 aliphatic carbocycles. The number of methoxy groups -OCH3 is 1. The number of ether oxygens (including phenoxy) is 3.